The molecule has 3 N–H and O–H groups in total. The molecule has 1 aliphatic heterocycles. The van der Waals surface area contributed by atoms with Gasteiger partial charge < -0.3 is 20.8 Å². The van der Waals surface area contributed by atoms with Crippen LogP contribution in [0.2, 0.25) is 0 Å². The average Bonchev–Trinajstić information content (AvgIpc) is 3.20. The molecule has 0 radical (unpaired) electrons. The van der Waals surface area contributed by atoms with Gasteiger partial charge in [0, 0.05) is 37.8 Å². The van der Waals surface area contributed by atoms with Gasteiger partial charge in [-0.2, -0.15) is 13.2 Å². The zero-order chi connectivity index (χ0) is 22.6. The molecule has 2 aromatic rings. The SMILES string of the molecule is COCCNc1nc(C(F)(F)F)nc(SCC(=O)c2ccc(C3(F)CNC3)s2)c1C=N. The van der Waals surface area contributed by atoms with Crippen LogP contribution in [0.4, 0.5) is 23.4 Å². The number of aromatic nitrogens is 2. The number of Topliss-reactive ketones (excluding diaryl/α,β-unsaturated/α-hetero) is 1. The second-order valence-corrected chi connectivity index (χ2v) is 8.67. The number of thiophene rings is 1. The van der Waals surface area contributed by atoms with Gasteiger partial charge in [0.25, 0.3) is 0 Å². The minimum atomic E-state index is -4.80. The summed E-state index contributed by atoms with van der Waals surface area (Å²) in [6, 6.07) is 3.07. The summed E-state index contributed by atoms with van der Waals surface area (Å²) in [6.45, 7) is 0.750. The van der Waals surface area contributed by atoms with Crippen LogP contribution in [0.5, 0.6) is 0 Å². The number of ketones is 1. The van der Waals surface area contributed by atoms with E-state index in [2.05, 4.69) is 20.6 Å². The lowest BCUT2D eigenvalue weighted by Crippen LogP contribution is -2.53. The number of nitrogens with one attached hydrogen (secondary N) is 3. The van der Waals surface area contributed by atoms with Crippen LogP contribution in [0.3, 0.4) is 0 Å². The fraction of sp³-hybridized carbons (Fsp3) is 0.444. The predicted molar refractivity (Wildman–Crippen MR) is 110 cm³/mol. The number of rotatable bonds is 10. The van der Waals surface area contributed by atoms with Crippen molar-refractivity contribution < 1.29 is 27.1 Å². The van der Waals surface area contributed by atoms with E-state index in [1.54, 1.807) is 6.07 Å². The van der Waals surface area contributed by atoms with Crippen molar-refractivity contribution in [3.05, 3.63) is 33.3 Å². The molecule has 13 heteroatoms. The molecule has 168 valence electrons. The van der Waals surface area contributed by atoms with Crippen LogP contribution in [0, 0.1) is 5.41 Å². The molecule has 0 aliphatic carbocycles. The first-order valence-electron chi connectivity index (χ1n) is 9.06. The molecule has 0 spiro atoms. The number of anilines is 1. The fourth-order valence-corrected chi connectivity index (χ4v) is 4.67. The van der Waals surface area contributed by atoms with Crippen molar-refractivity contribution in [1.82, 2.24) is 15.3 Å². The highest BCUT2D eigenvalue weighted by molar-refractivity contribution is 8.00. The average molecular weight is 478 g/mol. The Hall–Kier alpha value is -2.09. The van der Waals surface area contributed by atoms with E-state index in [1.165, 1.54) is 13.2 Å². The number of ether oxygens (including phenoxy) is 1. The molecule has 0 atom stereocenters. The first-order valence-corrected chi connectivity index (χ1v) is 10.9. The maximum Gasteiger partial charge on any atom is 0.451 e. The number of nitrogens with zero attached hydrogens (tertiary/aromatic N) is 2. The second kappa shape index (κ2) is 9.59. The van der Waals surface area contributed by atoms with E-state index < -0.39 is 17.7 Å². The quantitative estimate of drug-likeness (QED) is 0.121. The van der Waals surface area contributed by atoms with Crippen molar-refractivity contribution in [2.45, 2.75) is 16.9 Å². The minimum Gasteiger partial charge on any atom is -0.383 e. The molecule has 31 heavy (non-hydrogen) atoms. The van der Waals surface area contributed by atoms with Gasteiger partial charge in [0.2, 0.25) is 5.82 Å². The third kappa shape index (κ3) is 5.40. The van der Waals surface area contributed by atoms with E-state index in [0.29, 0.717) is 9.75 Å². The molecule has 0 aromatic carbocycles. The van der Waals surface area contributed by atoms with E-state index in [4.69, 9.17) is 10.1 Å². The molecule has 2 aromatic heterocycles. The number of halogens is 4. The third-order valence-corrected chi connectivity index (χ3v) is 6.68. The van der Waals surface area contributed by atoms with Crippen LogP contribution < -0.4 is 10.6 Å². The minimum absolute atomic E-state index is 0.0389. The monoisotopic (exact) mass is 477 g/mol. The van der Waals surface area contributed by atoms with Gasteiger partial charge in [-0.25, -0.2) is 14.4 Å². The van der Waals surface area contributed by atoms with E-state index >= 15 is 0 Å². The standard InChI is InChI=1S/C18H19F4N5O2S2/c1-29-5-4-25-14-10(6-23)15(27-16(26-14)18(20,21)22)30-7-11(28)12-2-3-13(31-12)17(19)8-24-9-17/h2-3,6,23-24H,4-5,7-9H2,1H3,(H,25,26,27). The molecule has 0 saturated carbocycles. The molecule has 3 rings (SSSR count). The van der Waals surface area contributed by atoms with Gasteiger partial charge in [-0.15, -0.1) is 11.3 Å². The first-order chi connectivity index (χ1) is 14.7. The van der Waals surface area contributed by atoms with Crippen molar-refractivity contribution in [3.63, 3.8) is 0 Å². The lowest BCUT2D eigenvalue weighted by molar-refractivity contribution is -0.145. The summed E-state index contributed by atoms with van der Waals surface area (Å²) in [5, 5.41) is 13.0. The fourth-order valence-electron chi connectivity index (χ4n) is 2.67. The smallest absolute Gasteiger partial charge is 0.383 e. The zero-order valence-electron chi connectivity index (χ0n) is 16.3. The molecule has 1 saturated heterocycles. The molecule has 0 unspecified atom stereocenters. The number of carbonyl (C=O) groups is 1. The summed E-state index contributed by atoms with van der Waals surface area (Å²) in [4.78, 5) is 20.3. The Balaban J connectivity index is 1.79. The van der Waals surface area contributed by atoms with Crippen LogP contribution in [0.25, 0.3) is 0 Å². The summed E-state index contributed by atoms with van der Waals surface area (Å²) in [5.74, 6) is -2.12. The second-order valence-electron chi connectivity index (χ2n) is 6.62. The molecule has 1 aliphatic rings. The summed E-state index contributed by atoms with van der Waals surface area (Å²) in [6.07, 6.45) is -3.96. The number of methoxy groups -OCH3 is 1. The Morgan fingerprint density at radius 3 is 2.74 bits per heavy atom. The van der Waals surface area contributed by atoms with Crippen LogP contribution in [-0.2, 0) is 16.6 Å². The van der Waals surface area contributed by atoms with Crippen LogP contribution >= 0.6 is 23.1 Å². The molecule has 0 amide bonds. The van der Waals surface area contributed by atoms with E-state index in [1.807, 2.05) is 0 Å². The van der Waals surface area contributed by atoms with Crippen LogP contribution in [-0.4, -0.2) is 61.1 Å². The van der Waals surface area contributed by atoms with Gasteiger partial charge in [0.1, 0.15) is 10.8 Å². The molecule has 7 nitrogen and oxygen atoms in total. The largest absolute Gasteiger partial charge is 0.451 e. The lowest BCUT2D eigenvalue weighted by atomic mass is 9.98. The van der Waals surface area contributed by atoms with E-state index in [9.17, 15) is 22.4 Å². The Morgan fingerprint density at radius 1 is 1.42 bits per heavy atom. The highest BCUT2D eigenvalue weighted by Gasteiger charge is 2.40. The number of hydrogen-bond donors (Lipinski definition) is 3. The maximum absolute atomic E-state index is 14.5. The number of alkyl halides is 4. The van der Waals surface area contributed by atoms with Crippen molar-refractivity contribution in [2.24, 2.45) is 0 Å². The number of carbonyl (C=O) groups excluding carboxylic acids is 1. The normalized spacial score (nSPS) is 15.4. The van der Waals surface area contributed by atoms with Gasteiger partial charge in [0.05, 0.1) is 22.8 Å². The molecule has 3 heterocycles. The zero-order valence-corrected chi connectivity index (χ0v) is 17.9. The highest BCUT2D eigenvalue weighted by atomic mass is 32.2. The Labute approximate surface area is 183 Å². The summed E-state index contributed by atoms with van der Waals surface area (Å²) in [7, 11) is 1.44. The van der Waals surface area contributed by atoms with Crippen molar-refractivity contribution in [2.75, 3.05) is 44.4 Å². The Bertz CT molecular complexity index is 963. The van der Waals surface area contributed by atoms with Gasteiger partial charge in [-0.05, 0) is 12.1 Å². The van der Waals surface area contributed by atoms with E-state index in [0.717, 1.165) is 29.3 Å². The van der Waals surface area contributed by atoms with Crippen LogP contribution in [0.15, 0.2) is 17.2 Å². The summed E-state index contributed by atoms with van der Waals surface area (Å²) < 4.78 is 59.0. The maximum atomic E-state index is 14.5. The predicted octanol–water partition coefficient (Wildman–Crippen LogP) is 3.36. The molecular weight excluding hydrogens is 458 g/mol. The highest BCUT2D eigenvalue weighted by Crippen LogP contribution is 2.36. The third-order valence-electron chi connectivity index (χ3n) is 4.38. The van der Waals surface area contributed by atoms with Gasteiger partial charge in [-0.3, -0.25) is 4.79 Å². The van der Waals surface area contributed by atoms with Crippen LogP contribution in [0.1, 0.15) is 25.9 Å². The molecule has 1 fully saturated rings. The van der Waals surface area contributed by atoms with E-state index in [-0.39, 0.29) is 54.2 Å². The topological polar surface area (TPSA) is 100.0 Å². The molecule has 0 bridgehead atoms. The van der Waals surface area contributed by atoms with Gasteiger partial charge in [-0.1, -0.05) is 11.8 Å². The van der Waals surface area contributed by atoms with Crippen molar-refractivity contribution >= 4 is 40.9 Å². The molecular formula is C18H19F4N5O2S2. The number of hydrogen-bond acceptors (Lipinski definition) is 9. The van der Waals surface area contributed by atoms with Crippen molar-refractivity contribution in [1.29, 1.82) is 5.41 Å². The lowest BCUT2D eigenvalue weighted by Gasteiger charge is -2.33. The van der Waals surface area contributed by atoms with Crippen molar-refractivity contribution in [3.8, 4) is 0 Å². The summed E-state index contributed by atoms with van der Waals surface area (Å²) >= 11 is 1.80. The van der Waals surface area contributed by atoms with Gasteiger partial charge in [0.15, 0.2) is 11.5 Å². The Kier molecular flexibility index (Phi) is 7.29. The van der Waals surface area contributed by atoms with Gasteiger partial charge >= 0.3 is 6.18 Å². The Morgan fingerprint density at radius 2 is 2.16 bits per heavy atom. The first kappa shape index (κ1) is 23.6. The number of thioether (sulfide) groups is 1. The summed E-state index contributed by atoms with van der Waals surface area (Å²) in [5.41, 5.74) is -1.45.